The number of aromatic nitrogens is 5. The van der Waals surface area contributed by atoms with E-state index in [0.29, 0.717) is 17.5 Å². The van der Waals surface area contributed by atoms with Crippen LogP contribution in [0.4, 0.5) is 0 Å². The van der Waals surface area contributed by atoms with E-state index >= 15 is 0 Å². The van der Waals surface area contributed by atoms with Gasteiger partial charge in [0.15, 0.2) is 17.5 Å². The average Bonchev–Trinajstić information content (AvgIpc) is 4.35. The number of rotatable bonds is 7. The fraction of sp³-hybridized carbons (Fsp3) is 0. The van der Waals surface area contributed by atoms with Crippen LogP contribution in [0.5, 0.6) is 0 Å². The Morgan fingerprint density at radius 2 is 0.868 bits per heavy atom. The molecule has 354 valence electrons. The molecule has 0 spiro atoms. The van der Waals surface area contributed by atoms with Crippen LogP contribution in [0.25, 0.3) is 154 Å². The van der Waals surface area contributed by atoms with Gasteiger partial charge in [-0.15, -0.1) is 11.3 Å². The summed E-state index contributed by atoms with van der Waals surface area (Å²) < 4.78 is 13.7. The molecule has 0 aliphatic carbocycles. The number of thiophene rings is 1. The lowest BCUT2D eigenvalue weighted by atomic mass is 9.99. The monoisotopic (exact) mass is 987 g/mol. The molecule has 5 heterocycles. The zero-order chi connectivity index (χ0) is 49.8. The molecule has 0 atom stereocenters. The molecule has 0 amide bonds. The van der Waals surface area contributed by atoms with Crippen LogP contribution in [-0.2, 0) is 0 Å². The summed E-state index contributed by atoms with van der Waals surface area (Å²) in [5.74, 6) is 1.74. The molecule has 0 saturated carbocycles. The van der Waals surface area contributed by atoms with Crippen LogP contribution in [-0.4, -0.2) is 24.1 Å². The highest BCUT2D eigenvalue weighted by Gasteiger charge is 2.23. The third kappa shape index (κ3) is 6.62. The second-order valence-electron chi connectivity index (χ2n) is 19.5. The number of furan rings is 1. The van der Waals surface area contributed by atoms with E-state index in [1.165, 1.54) is 47.6 Å². The second-order valence-corrected chi connectivity index (χ2v) is 20.6. The zero-order valence-corrected chi connectivity index (χ0v) is 41.5. The van der Waals surface area contributed by atoms with Crippen molar-refractivity contribution in [3.8, 4) is 67.8 Å². The third-order valence-corrected chi connectivity index (χ3v) is 16.3. The maximum absolute atomic E-state index is 6.43. The predicted octanol–water partition coefficient (Wildman–Crippen LogP) is 18.7. The maximum Gasteiger partial charge on any atom is 0.164 e. The first-order valence-electron chi connectivity index (χ1n) is 25.6. The van der Waals surface area contributed by atoms with Gasteiger partial charge < -0.3 is 13.6 Å². The van der Waals surface area contributed by atoms with E-state index in [9.17, 15) is 0 Å². The second kappa shape index (κ2) is 16.8. The molecule has 5 aromatic heterocycles. The minimum atomic E-state index is 0.567. The van der Waals surface area contributed by atoms with Crippen LogP contribution in [0, 0.1) is 0 Å². The summed E-state index contributed by atoms with van der Waals surface area (Å²) in [5, 5.41) is 9.28. The standard InChI is InChI=1S/C69H41N5OS/c1-3-16-42(17-4-1)44-20-13-21-48(38-44)73-57-27-10-8-23-51(57)55-26-14-29-59(66(55)73)74-58-28-11-7-22-50(58)52-35-32-45(39-60(52)74)67-70-68(46-33-36-54-53-24-9-12-30-61(53)75-62(54)40-46)72-69(71-67)47-34-37-56-64(41-47)76-63-31-15-25-49(65(56)63)43-18-5-2-6-19-43/h1-41H. The summed E-state index contributed by atoms with van der Waals surface area (Å²) in [4.78, 5) is 16.1. The van der Waals surface area contributed by atoms with Gasteiger partial charge in [-0.2, -0.15) is 0 Å². The lowest BCUT2D eigenvalue weighted by Crippen LogP contribution is -2.02. The number of benzene rings is 11. The third-order valence-electron chi connectivity index (χ3n) is 15.2. The molecule has 0 bridgehead atoms. The molecule has 0 N–H and O–H groups in total. The number of fused-ring (bicyclic) bond motifs is 12. The first-order valence-corrected chi connectivity index (χ1v) is 26.4. The maximum atomic E-state index is 6.43. The fourth-order valence-electron chi connectivity index (χ4n) is 11.7. The van der Waals surface area contributed by atoms with Crippen molar-refractivity contribution < 1.29 is 4.42 Å². The summed E-state index contributed by atoms with van der Waals surface area (Å²) >= 11 is 1.80. The number of para-hydroxylation sites is 4. The zero-order valence-electron chi connectivity index (χ0n) is 40.7. The van der Waals surface area contributed by atoms with Crippen LogP contribution in [0.2, 0.25) is 0 Å². The molecule has 0 aliphatic heterocycles. The van der Waals surface area contributed by atoms with Gasteiger partial charge in [-0.3, -0.25) is 0 Å². The van der Waals surface area contributed by atoms with E-state index < -0.39 is 0 Å². The molecule has 76 heavy (non-hydrogen) atoms. The van der Waals surface area contributed by atoms with Crippen molar-refractivity contribution in [3.05, 3.63) is 249 Å². The van der Waals surface area contributed by atoms with Crippen molar-refractivity contribution in [1.82, 2.24) is 24.1 Å². The lowest BCUT2D eigenvalue weighted by molar-refractivity contribution is 0.669. The van der Waals surface area contributed by atoms with Gasteiger partial charge in [0, 0.05) is 74.9 Å². The molecular weight excluding hydrogens is 947 g/mol. The van der Waals surface area contributed by atoms with Crippen LogP contribution in [0.1, 0.15) is 0 Å². The number of hydrogen-bond donors (Lipinski definition) is 0. The van der Waals surface area contributed by atoms with Gasteiger partial charge in [0.1, 0.15) is 11.2 Å². The molecule has 0 fully saturated rings. The Labute approximate surface area is 439 Å². The molecule has 0 aliphatic rings. The number of hydrogen-bond acceptors (Lipinski definition) is 5. The Hall–Kier alpha value is -9.95. The summed E-state index contributed by atoms with van der Waals surface area (Å²) in [6, 6.07) is 88.7. The van der Waals surface area contributed by atoms with Crippen molar-refractivity contribution >= 4 is 97.1 Å². The van der Waals surface area contributed by atoms with E-state index in [4.69, 9.17) is 19.4 Å². The van der Waals surface area contributed by atoms with Gasteiger partial charge in [-0.05, 0) is 89.0 Å². The molecule has 16 aromatic rings. The Balaban J connectivity index is 0.915. The highest BCUT2D eigenvalue weighted by atomic mass is 32.1. The molecule has 0 radical (unpaired) electrons. The van der Waals surface area contributed by atoms with E-state index in [-0.39, 0.29) is 0 Å². The summed E-state index contributed by atoms with van der Waals surface area (Å²) in [7, 11) is 0. The lowest BCUT2D eigenvalue weighted by Gasteiger charge is -2.15. The SMILES string of the molecule is c1ccc(-c2cccc(-n3c4ccccc4c4cccc(-n5c6ccccc6c6ccc(-c7nc(-c8ccc9c(c8)oc8ccccc89)nc(-c8ccc9c(c8)sc8cccc(-c%10ccccc%10)c89)n7)cc65)c43)c2)cc1. The van der Waals surface area contributed by atoms with Gasteiger partial charge in [-0.1, -0.05) is 182 Å². The molecule has 7 heteroatoms. The molecule has 11 aromatic carbocycles. The Morgan fingerprint density at radius 1 is 0.316 bits per heavy atom. The van der Waals surface area contributed by atoms with Gasteiger partial charge in [0.25, 0.3) is 0 Å². The first-order chi connectivity index (χ1) is 37.7. The van der Waals surface area contributed by atoms with Crippen molar-refractivity contribution in [2.75, 3.05) is 0 Å². The minimum Gasteiger partial charge on any atom is -0.456 e. The minimum absolute atomic E-state index is 0.567. The quantitative estimate of drug-likeness (QED) is 0.160. The predicted molar refractivity (Wildman–Crippen MR) is 316 cm³/mol. The molecular formula is C69H41N5OS. The smallest absolute Gasteiger partial charge is 0.164 e. The van der Waals surface area contributed by atoms with E-state index in [1.54, 1.807) is 11.3 Å². The van der Waals surface area contributed by atoms with Crippen molar-refractivity contribution in [3.63, 3.8) is 0 Å². The first kappa shape index (κ1) is 42.5. The van der Waals surface area contributed by atoms with Crippen molar-refractivity contribution in [2.45, 2.75) is 0 Å². The Morgan fingerprint density at radius 3 is 1.64 bits per heavy atom. The molecule has 16 rings (SSSR count). The topological polar surface area (TPSA) is 61.7 Å². The van der Waals surface area contributed by atoms with Gasteiger partial charge in [0.2, 0.25) is 0 Å². The molecule has 0 unspecified atom stereocenters. The summed E-state index contributed by atoms with van der Waals surface area (Å²) in [5.41, 5.74) is 15.6. The number of nitrogens with zero attached hydrogens (tertiary/aromatic N) is 5. The van der Waals surface area contributed by atoms with Gasteiger partial charge in [0.05, 0.1) is 27.8 Å². The fourth-order valence-corrected chi connectivity index (χ4v) is 12.9. The van der Waals surface area contributed by atoms with Crippen molar-refractivity contribution in [2.24, 2.45) is 0 Å². The molecule has 6 nitrogen and oxygen atoms in total. The van der Waals surface area contributed by atoms with Crippen molar-refractivity contribution in [1.29, 1.82) is 0 Å². The summed E-state index contributed by atoms with van der Waals surface area (Å²) in [6.07, 6.45) is 0. The largest absolute Gasteiger partial charge is 0.456 e. The van der Waals surface area contributed by atoms with Crippen LogP contribution < -0.4 is 0 Å². The Bertz CT molecular complexity index is 5010. The van der Waals surface area contributed by atoms with Crippen LogP contribution in [0.3, 0.4) is 0 Å². The van der Waals surface area contributed by atoms with Gasteiger partial charge >= 0.3 is 0 Å². The van der Waals surface area contributed by atoms with Crippen LogP contribution in [0.15, 0.2) is 253 Å². The average molecular weight is 988 g/mol. The van der Waals surface area contributed by atoms with E-state index in [1.807, 2.05) is 18.2 Å². The van der Waals surface area contributed by atoms with Crippen LogP contribution >= 0.6 is 11.3 Å². The molecule has 0 saturated heterocycles. The normalized spacial score (nSPS) is 11.9. The Kier molecular flexibility index (Phi) is 9.40. The highest BCUT2D eigenvalue weighted by molar-refractivity contribution is 7.26. The van der Waals surface area contributed by atoms with E-state index in [2.05, 4.69) is 240 Å². The van der Waals surface area contributed by atoms with E-state index in [0.717, 1.165) is 88.4 Å². The van der Waals surface area contributed by atoms with Gasteiger partial charge in [-0.25, -0.2) is 15.0 Å². The summed E-state index contributed by atoms with van der Waals surface area (Å²) in [6.45, 7) is 0. The highest BCUT2D eigenvalue weighted by Crippen LogP contribution is 2.44.